The minimum atomic E-state index is -1.55. The van der Waals surface area contributed by atoms with Crippen molar-refractivity contribution in [3.63, 3.8) is 0 Å². The molecule has 4 rings (SSSR count). The molecule has 5 atom stereocenters. The van der Waals surface area contributed by atoms with Gasteiger partial charge in [-0.1, -0.05) is 24.3 Å². The summed E-state index contributed by atoms with van der Waals surface area (Å²) in [6.45, 7) is -0.558. The van der Waals surface area contributed by atoms with Gasteiger partial charge in [-0.3, -0.25) is 4.79 Å². The van der Waals surface area contributed by atoms with Crippen molar-refractivity contribution >= 4 is 23.2 Å². The summed E-state index contributed by atoms with van der Waals surface area (Å²) in [5.74, 6) is 0.310. The monoisotopic (exact) mass is 429 g/mol. The van der Waals surface area contributed by atoms with Gasteiger partial charge in [0.25, 0.3) is 5.91 Å². The van der Waals surface area contributed by atoms with Crippen molar-refractivity contribution in [1.29, 1.82) is 0 Å². The maximum Gasteiger partial charge on any atom is 0.256 e. The second-order valence-corrected chi connectivity index (χ2v) is 7.28. The van der Waals surface area contributed by atoms with Crippen LogP contribution >= 0.6 is 0 Å². The van der Waals surface area contributed by atoms with Crippen molar-refractivity contribution < 1.29 is 39.4 Å². The Kier molecular flexibility index (Phi) is 5.94. The van der Waals surface area contributed by atoms with Crippen LogP contribution in [0, 0.1) is 0 Å². The number of anilines is 1. The van der Waals surface area contributed by atoms with Crippen LogP contribution in [0.5, 0.6) is 11.5 Å². The Hall–Kier alpha value is -2.95. The van der Waals surface area contributed by atoms with Crippen molar-refractivity contribution in [3.8, 4) is 11.5 Å². The van der Waals surface area contributed by atoms with Crippen LogP contribution in [0.1, 0.15) is 11.1 Å². The second kappa shape index (κ2) is 8.66. The average Bonchev–Trinajstić information content (AvgIpc) is 3.10. The molecule has 9 nitrogen and oxygen atoms in total. The van der Waals surface area contributed by atoms with Crippen LogP contribution < -0.4 is 14.8 Å². The van der Waals surface area contributed by atoms with E-state index in [2.05, 4.69) is 5.32 Å². The molecule has 1 saturated heterocycles. The summed E-state index contributed by atoms with van der Waals surface area (Å²) in [6, 6.07) is 12.3. The molecule has 2 aliphatic rings. The lowest BCUT2D eigenvalue weighted by Crippen LogP contribution is -2.60. The topological polar surface area (TPSA) is 138 Å². The number of carbonyl (C=O) groups is 1. The number of aliphatic hydroxyl groups excluding tert-OH is 4. The van der Waals surface area contributed by atoms with Crippen molar-refractivity contribution in [2.75, 3.05) is 19.0 Å². The van der Waals surface area contributed by atoms with Gasteiger partial charge < -0.3 is 40.0 Å². The number of ether oxygens (including phenoxy) is 3. The normalized spacial score (nSPS) is 28.9. The first-order chi connectivity index (χ1) is 14.9. The molecule has 2 heterocycles. The summed E-state index contributed by atoms with van der Waals surface area (Å²) in [4.78, 5) is 12.3. The van der Waals surface area contributed by atoms with Crippen LogP contribution in [0.15, 0.2) is 42.5 Å². The molecular formula is C22H23NO8. The number of hydrogen-bond donors (Lipinski definition) is 5. The predicted octanol–water partition coefficient (Wildman–Crippen LogP) is 0.367. The van der Waals surface area contributed by atoms with Gasteiger partial charge >= 0.3 is 0 Å². The highest BCUT2D eigenvalue weighted by atomic mass is 16.7. The largest absolute Gasteiger partial charge is 0.493 e. The highest BCUT2D eigenvalue weighted by Crippen LogP contribution is 2.36. The molecule has 9 heteroatoms. The number of hydrogen-bond acceptors (Lipinski definition) is 8. The summed E-state index contributed by atoms with van der Waals surface area (Å²) in [7, 11) is 1.43. The van der Waals surface area contributed by atoms with Crippen molar-refractivity contribution in [2.45, 2.75) is 30.7 Å². The zero-order chi connectivity index (χ0) is 22.1. The number of aliphatic hydroxyl groups is 4. The Morgan fingerprint density at radius 1 is 1.06 bits per heavy atom. The lowest BCUT2D eigenvalue weighted by atomic mass is 9.99. The molecule has 31 heavy (non-hydrogen) atoms. The fraction of sp³-hybridized carbons (Fsp3) is 0.318. The molecule has 1 fully saturated rings. The molecule has 2 aromatic carbocycles. The van der Waals surface area contributed by atoms with E-state index in [1.807, 2.05) is 24.3 Å². The highest BCUT2D eigenvalue weighted by molar-refractivity contribution is 6.34. The number of carbonyl (C=O) groups excluding carboxylic acids is 1. The van der Waals surface area contributed by atoms with Gasteiger partial charge in [-0.2, -0.15) is 0 Å². The quantitative estimate of drug-likeness (QED) is 0.430. The van der Waals surface area contributed by atoms with Crippen LogP contribution in [0.3, 0.4) is 0 Å². The Morgan fingerprint density at radius 3 is 2.58 bits per heavy atom. The number of rotatable bonds is 5. The third-order valence-corrected chi connectivity index (χ3v) is 5.30. The minimum absolute atomic E-state index is 0.207. The smallest absolute Gasteiger partial charge is 0.256 e. The molecule has 0 unspecified atom stereocenters. The fourth-order valence-corrected chi connectivity index (χ4v) is 3.61. The van der Waals surface area contributed by atoms with E-state index >= 15 is 0 Å². The molecule has 1 amide bonds. The van der Waals surface area contributed by atoms with Crippen LogP contribution in [0.4, 0.5) is 5.69 Å². The molecule has 0 spiro atoms. The van der Waals surface area contributed by atoms with Gasteiger partial charge in [-0.25, -0.2) is 0 Å². The Morgan fingerprint density at radius 2 is 1.84 bits per heavy atom. The van der Waals surface area contributed by atoms with E-state index in [-0.39, 0.29) is 11.7 Å². The van der Waals surface area contributed by atoms with Gasteiger partial charge in [0.2, 0.25) is 6.29 Å². The molecule has 2 aromatic rings. The van der Waals surface area contributed by atoms with Gasteiger partial charge in [0, 0.05) is 16.8 Å². The first-order valence-corrected chi connectivity index (χ1v) is 9.70. The molecule has 0 bridgehead atoms. The zero-order valence-electron chi connectivity index (χ0n) is 16.6. The molecule has 164 valence electrons. The average molecular weight is 429 g/mol. The Bertz CT molecular complexity index is 1000. The van der Waals surface area contributed by atoms with E-state index in [4.69, 9.17) is 14.2 Å². The van der Waals surface area contributed by atoms with Crippen molar-refractivity contribution in [1.82, 2.24) is 0 Å². The van der Waals surface area contributed by atoms with Gasteiger partial charge in [0.15, 0.2) is 11.5 Å². The minimum Gasteiger partial charge on any atom is -0.493 e. The van der Waals surface area contributed by atoms with Gasteiger partial charge in [-0.15, -0.1) is 0 Å². The third-order valence-electron chi connectivity index (χ3n) is 5.30. The van der Waals surface area contributed by atoms with E-state index in [1.54, 1.807) is 24.3 Å². The zero-order valence-corrected chi connectivity index (χ0v) is 16.6. The van der Waals surface area contributed by atoms with E-state index in [0.717, 1.165) is 11.3 Å². The third kappa shape index (κ3) is 4.01. The van der Waals surface area contributed by atoms with Crippen LogP contribution in [0.2, 0.25) is 0 Å². The number of fused-ring (bicyclic) bond motifs is 1. The summed E-state index contributed by atoms with van der Waals surface area (Å²) < 4.78 is 16.4. The standard InChI is InChI=1S/C22H23NO8/c1-29-16-9-11(8-13-12-4-2-3-5-14(12)23-21(13)28)6-7-15(16)30-22-20(27)19(26)18(25)17(10-24)31-22/h2-9,17-20,22,24-27H,10H2,1H3,(H,23,28)/t17-,18+,19+,20-,22+/m1/s1. The van der Waals surface area contributed by atoms with Gasteiger partial charge in [0.05, 0.1) is 13.7 Å². The molecule has 0 aliphatic carbocycles. The lowest BCUT2D eigenvalue weighted by molar-refractivity contribution is -0.277. The van der Waals surface area contributed by atoms with Gasteiger partial charge in [0.1, 0.15) is 24.4 Å². The molecule has 0 aromatic heterocycles. The van der Waals surface area contributed by atoms with Crippen molar-refractivity contribution in [3.05, 3.63) is 53.6 Å². The predicted molar refractivity (Wildman–Crippen MR) is 110 cm³/mol. The van der Waals surface area contributed by atoms with Crippen LogP contribution in [-0.2, 0) is 9.53 Å². The van der Waals surface area contributed by atoms with Crippen LogP contribution in [0.25, 0.3) is 11.6 Å². The maximum atomic E-state index is 12.3. The summed E-state index contributed by atoms with van der Waals surface area (Å²) in [6.07, 6.45) is -5.26. The first kappa shape index (κ1) is 21.3. The SMILES string of the molecule is COc1cc(C=C2C(=O)Nc3ccccc32)ccc1O[C@H]1O[C@H](CO)[C@H](O)[C@H](O)[C@H]1O. The number of nitrogens with one attached hydrogen (secondary N) is 1. The molecule has 5 N–H and O–H groups in total. The lowest BCUT2D eigenvalue weighted by Gasteiger charge is -2.39. The molecule has 2 aliphatic heterocycles. The second-order valence-electron chi connectivity index (χ2n) is 7.28. The summed E-state index contributed by atoms with van der Waals surface area (Å²) in [5.41, 5.74) is 2.74. The Balaban J connectivity index is 1.59. The number of benzene rings is 2. The summed E-state index contributed by atoms with van der Waals surface area (Å²) in [5, 5.41) is 42.1. The van der Waals surface area contributed by atoms with E-state index in [9.17, 15) is 25.2 Å². The maximum absolute atomic E-state index is 12.3. The molecule has 0 radical (unpaired) electrons. The molecular weight excluding hydrogens is 406 g/mol. The molecule has 0 saturated carbocycles. The van der Waals surface area contributed by atoms with Crippen molar-refractivity contribution in [2.24, 2.45) is 0 Å². The van der Waals surface area contributed by atoms with E-state index in [0.29, 0.717) is 16.9 Å². The Labute approximate surface area is 178 Å². The van der Waals surface area contributed by atoms with Gasteiger partial charge in [-0.05, 0) is 29.8 Å². The highest BCUT2D eigenvalue weighted by Gasteiger charge is 2.45. The number of methoxy groups -OCH3 is 1. The van der Waals surface area contributed by atoms with E-state index in [1.165, 1.54) is 7.11 Å². The van der Waals surface area contributed by atoms with Crippen LogP contribution in [-0.4, -0.2) is 70.8 Å². The number of amides is 1. The summed E-state index contributed by atoms with van der Waals surface area (Å²) >= 11 is 0. The fourth-order valence-electron chi connectivity index (χ4n) is 3.61. The first-order valence-electron chi connectivity index (χ1n) is 9.70. The van der Waals surface area contributed by atoms with E-state index < -0.39 is 37.3 Å². The number of para-hydroxylation sites is 1.